The van der Waals surface area contributed by atoms with E-state index in [2.05, 4.69) is 4.74 Å². The average Bonchev–Trinajstić information content (AvgIpc) is 2.54. The number of non-ortho nitro benzene ring substituents is 1. The number of alkyl halides is 3. The van der Waals surface area contributed by atoms with Crippen molar-refractivity contribution in [2.75, 3.05) is 7.05 Å². The van der Waals surface area contributed by atoms with Crippen molar-refractivity contribution in [3.63, 3.8) is 0 Å². The summed E-state index contributed by atoms with van der Waals surface area (Å²) >= 11 is 0. The third kappa shape index (κ3) is 5.20. The standard InChI is InChI=1S/C16H13F3N2O4/c1-20(15(22)12-4-6-13(7-5-12)21(23)24)10-11-2-8-14(9-3-11)25-16(17,18)19/h2-9H,10H2,1H3. The lowest BCUT2D eigenvalue weighted by molar-refractivity contribution is -0.384. The van der Waals surface area contributed by atoms with Crippen LogP contribution < -0.4 is 4.74 Å². The van der Waals surface area contributed by atoms with Crippen LogP contribution in [0.5, 0.6) is 5.75 Å². The monoisotopic (exact) mass is 354 g/mol. The van der Waals surface area contributed by atoms with E-state index in [4.69, 9.17) is 0 Å². The smallest absolute Gasteiger partial charge is 0.406 e. The van der Waals surface area contributed by atoms with E-state index in [9.17, 15) is 28.1 Å². The second-order valence-electron chi connectivity index (χ2n) is 5.16. The number of rotatable bonds is 5. The number of amides is 1. The molecule has 0 aromatic heterocycles. The molecule has 9 heteroatoms. The summed E-state index contributed by atoms with van der Waals surface area (Å²) in [5.41, 5.74) is 0.747. The minimum atomic E-state index is -4.76. The van der Waals surface area contributed by atoms with Crippen LogP contribution in [0, 0.1) is 10.1 Å². The quantitative estimate of drug-likeness (QED) is 0.605. The van der Waals surface area contributed by atoms with Gasteiger partial charge < -0.3 is 9.64 Å². The van der Waals surface area contributed by atoms with Crippen molar-refractivity contribution in [2.24, 2.45) is 0 Å². The lowest BCUT2D eigenvalue weighted by atomic mass is 10.1. The highest BCUT2D eigenvalue weighted by molar-refractivity contribution is 5.94. The van der Waals surface area contributed by atoms with Gasteiger partial charge in [0.2, 0.25) is 0 Å². The van der Waals surface area contributed by atoms with E-state index in [0.717, 1.165) is 12.1 Å². The number of nitro groups is 1. The minimum absolute atomic E-state index is 0.126. The molecular formula is C16H13F3N2O4. The molecule has 132 valence electrons. The molecule has 1 amide bonds. The highest BCUT2D eigenvalue weighted by Gasteiger charge is 2.30. The van der Waals surface area contributed by atoms with Gasteiger partial charge in [-0.05, 0) is 29.8 Å². The number of hydrogen-bond acceptors (Lipinski definition) is 4. The van der Waals surface area contributed by atoms with Crippen LogP contribution in [0.15, 0.2) is 48.5 Å². The third-order valence-electron chi connectivity index (χ3n) is 3.25. The van der Waals surface area contributed by atoms with Gasteiger partial charge in [0.1, 0.15) is 5.75 Å². The zero-order chi connectivity index (χ0) is 18.6. The molecule has 0 aliphatic carbocycles. The van der Waals surface area contributed by atoms with Crippen LogP contribution in [0.1, 0.15) is 15.9 Å². The molecule has 2 rings (SSSR count). The Labute approximate surface area is 140 Å². The Morgan fingerprint density at radius 2 is 1.68 bits per heavy atom. The molecule has 2 aromatic rings. The second-order valence-corrected chi connectivity index (χ2v) is 5.16. The molecule has 0 spiro atoms. The van der Waals surface area contributed by atoms with Crippen molar-refractivity contribution in [1.82, 2.24) is 4.90 Å². The van der Waals surface area contributed by atoms with Gasteiger partial charge in [-0.3, -0.25) is 14.9 Å². The highest BCUT2D eigenvalue weighted by atomic mass is 19.4. The van der Waals surface area contributed by atoms with Crippen LogP contribution >= 0.6 is 0 Å². The Morgan fingerprint density at radius 1 is 1.12 bits per heavy atom. The molecule has 0 bridgehead atoms. The number of halogens is 3. The van der Waals surface area contributed by atoms with E-state index in [0.29, 0.717) is 5.56 Å². The first-order valence-corrected chi connectivity index (χ1v) is 7.00. The molecule has 0 radical (unpaired) electrons. The first kappa shape index (κ1) is 18.2. The normalized spacial score (nSPS) is 11.0. The van der Waals surface area contributed by atoms with Crippen LogP contribution in [-0.2, 0) is 6.54 Å². The number of carbonyl (C=O) groups is 1. The second kappa shape index (κ2) is 7.20. The van der Waals surface area contributed by atoms with Crippen LogP contribution in [0.25, 0.3) is 0 Å². The van der Waals surface area contributed by atoms with Gasteiger partial charge in [-0.25, -0.2) is 0 Å². The molecule has 0 N–H and O–H groups in total. The molecule has 0 saturated heterocycles. The van der Waals surface area contributed by atoms with E-state index in [1.165, 1.54) is 48.3 Å². The summed E-state index contributed by atoms with van der Waals surface area (Å²) in [5.74, 6) is -0.717. The van der Waals surface area contributed by atoms with Gasteiger partial charge in [-0.1, -0.05) is 12.1 Å². The third-order valence-corrected chi connectivity index (χ3v) is 3.25. The maximum Gasteiger partial charge on any atom is 0.573 e. The van der Waals surface area contributed by atoms with Crippen LogP contribution in [0.3, 0.4) is 0 Å². The van der Waals surface area contributed by atoms with Gasteiger partial charge in [0.05, 0.1) is 4.92 Å². The number of benzene rings is 2. The van der Waals surface area contributed by atoms with Gasteiger partial charge in [0.25, 0.3) is 11.6 Å². The van der Waals surface area contributed by atoms with Crippen molar-refractivity contribution in [2.45, 2.75) is 12.9 Å². The van der Waals surface area contributed by atoms with Crippen LogP contribution in [-0.4, -0.2) is 29.1 Å². The van der Waals surface area contributed by atoms with E-state index < -0.39 is 11.3 Å². The number of hydrogen-bond donors (Lipinski definition) is 0. The predicted octanol–water partition coefficient (Wildman–Crippen LogP) is 3.77. The molecule has 0 fully saturated rings. The van der Waals surface area contributed by atoms with E-state index in [1.807, 2.05) is 0 Å². The summed E-state index contributed by atoms with van der Waals surface area (Å²) in [6, 6.07) is 10.3. The van der Waals surface area contributed by atoms with Crippen LogP contribution in [0.2, 0.25) is 0 Å². The Bertz CT molecular complexity index is 758. The van der Waals surface area contributed by atoms with Gasteiger partial charge in [-0.15, -0.1) is 13.2 Å². The fourth-order valence-electron chi connectivity index (χ4n) is 2.09. The Kier molecular flexibility index (Phi) is 5.26. The molecule has 0 saturated carbocycles. The van der Waals surface area contributed by atoms with Gasteiger partial charge in [-0.2, -0.15) is 0 Å². The molecule has 6 nitrogen and oxygen atoms in total. The summed E-state index contributed by atoms with van der Waals surface area (Å²) in [5, 5.41) is 10.6. The summed E-state index contributed by atoms with van der Waals surface area (Å²) in [6.45, 7) is 0.155. The number of ether oxygens (including phenoxy) is 1. The maximum atomic E-state index is 12.3. The molecule has 0 aliphatic heterocycles. The SMILES string of the molecule is CN(Cc1ccc(OC(F)(F)F)cc1)C(=O)c1ccc([N+](=O)[O-])cc1. The van der Waals surface area contributed by atoms with E-state index in [1.54, 1.807) is 0 Å². The average molecular weight is 354 g/mol. The van der Waals surface area contributed by atoms with Gasteiger partial charge in [0.15, 0.2) is 0 Å². The first-order chi connectivity index (χ1) is 11.7. The molecular weight excluding hydrogens is 341 g/mol. The van der Waals surface area contributed by atoms with Crippen molar-refractivity contribution in [3.8, 4) is 5.75 Å². The van der Waals surface area contributed by atoms with Crippen molar-refractivity contribution >= 4 is 11.6 Å². The fourth-order valence-corrected chi connectivity index (χ4v) is 2.09. The summed E-state index contributed by atoms with van der Waals surface area (Å²) in [6.07, 6.45) is -4.76. The number of carbonyl (C=O) groups excluding carboxylic acids is 1. The lowest BCUT2D eigenvalue weighted by Crippen LogP contribution is -2.26. The van der Waals surface area contributed by atoms with E-state index in [-0.39, 0.29) is 29.5 Å². The Hall–Kier alpha value is -3.10. The van der Waals surface area contributed by atoms with Gasteiger partial charge >= 0.3 is 6.36 Å². The topological polar surface area (TPSA) is 72.7 Å². The number of nitro benzene ring substituents is 1. The van der Waals surface area contributed by atoms with Crippen LogP contribution in [0.4, 0.5) is 18.9 Å². The first-order valence-electron chi connectivity index (χ1n) is 7.00. The Morgan fingerprint density at radius 3 is 2.16 bits per heavy atom. The zero-order valence-corrected chi connectivity index (χ0v) is 13.0. The van der Waals surface area contributed by atoms with Crippen molar-refractivity contribution in [1.29, 1.82) is 0 Å². The highest BCUT2D eigenvalue weighted by Crippen LogP contribution is 2.23. The molecule has 0 unspecified atom stereocenters. The summed E-state index contributed by atoms with van der Waals surface area (Å²) in [7, 11) is 1.52. The predicted molar refractivity (Wildman–Crippen MR) is 82.0 cm³/mol. The molecule has 2 aromatic carbocycles. The zero-order valence-electron chi connectivity index (χ0n) is 13.0. The Balaban J connectivity index is 2.02. The number of nitrogens with zero attached hydrogens (tertiary/aromatic N) is 2. The molecule has 0 atom stereocenters. The fraction of sp³-hybridized carbons (Fsp3) is 0.188. The summed E-state index contributed by atoms with van der Waals surface area (Å²) in [4.78, 5) is 23.6. The molecule has 25 heavy (non-hydrogen) atoms. The van der Waals surface area contributed by atoms with E-state index >= 15 is 0 Å². The van der Waals surface area contributed by atoms with Gasteiger partial charge in [0, 0.05) is 31.3 Å². The minimum Gasteiger partial charge on any atom is -0.406 e. The molecule has 0 heterocycles. The van der Waals surface area contributed by atoms with Crippen molar-refractivity contribution in [3.05, 3.63) is 69.8 Å². The molecule has 0 aliphatic rings. The van der Waals surface area contributed by atoms with Crippen molar-refractivity contribution < 1.29 is 27.6 Å². The summed E-state index contributed by atoms with van der Waals surface area (Å²) < 4.78 is 40.1. The lowest BCUT2D eigenvalue weighted by Gasteiger charge is -2.17. The largest absolute Gasteiger partial charge is 0.573 e. The maximum absolute atomic E-state index is 12.3.